The Hall–Kier alpha value is -5.12. The van der Waals surface area contributed by atoms with Crippen molar-refractivity contribution in [1.29, 1.82) is 0 Å². The van der Waals surface area contributed by atoms with E-state index in [1.165, 1.54) is 11.0 Å². The summed E-state index contributed by atoms with van der Waals surface area (Å²) < 4.78 is 47.9. The van der Waals surface area contributed by atoms with E-state index >= 15 is 0 Å². The third kappa shape index (κ3) is 8.50. The number of aryl methyl sites for hydroxylation is 1. The van der Waals surface area contributed by atoms with E-state index in [1.807, 2.05) is 39.0 Å². The zero-order valence-electron chi connectivity index (χ0n) is 34.9. The molecule has 2 saturated carbocycles. The Kier molecular flexibility index (Phi) is 11.0. The molecule has 5 atom stereocenters. The molecule has 4 heterocycles. The number of nitrogens with one attached hydrogen (secondary N) is 3. The topological polar surface area (TPSA) is 187 Å². The highest BCUT2D eigenvalue weighted by Gasteiger charge is 2.62. The number of hydrogen-bond acceptors (Lipinski definition) is 10. The molecule has 4 amide bonds. The molecule has 3 N–H and O–H groups in total. The number of sulfonamides is 1. The Balaban J connectivity index is 1.30. The number of ether oxygens (including phenoxy) is 3. The van der Waals surface area contributed by atoms with Crippen LogP contribution in [0.2, 0.25) is 0 Å². The average molecular weight is 833 g/mol. The molecular formula is C43H56N6O9S. The molecule has 16 heteroatoms. The van der Waals surface area contributed by atoms with Crippen molar-refractivity contribution in [2.45, 2.75) is 116 Å². The zero-order chi connectivity index (χ0) is 42.7. The lowest BCUT2D eigenvalue weighted by Gasteiger charge is -2.35. The average Bonchev–Trinajstić information content (AvgIpc) is 4.08. The fourth-order valence-corrected chi connectivity index (χ4v) is 9.60. The fourth-order valence-electron chi connectivity index (χ4n) is 8.23. The highest BCUT2D eigenvalue weighted by atomic mass is 32.2. The first kappa shape index (κ1) is 42.0. The van der Waals surface area contributed by atoms with Crippen LogP contribution in [-0.2, 0) is 35.7 Å². The van der Waals surface area contributed by atoms with E-state index in [-0.39, 0.29) is 31.4 Å². The SMILES string of the molecule is C=C[C@@H]1C[C@]1(NC(=O)[C@@H]1C[C@@H]2CN1C(=O)[C@H](C(C)(C)C)NC(=O)OCC(C)(C)CCC=CCn1cc(C)c3c4ccc(OC)cc4nc(c31)O2)C(=O)NS(=O)(=O)C1CC1. The van der Waals surface area contributed by atoms with Crippen molar-refractivity contribution in [3.63, 3.8) is 0 Å². The Morgan fingerprint density at radius 3 is 2.56 bits per heavy atom. The molecule has 7 rings (SSSR count). The van der Waals surface area contributed by atoms with E-state index in [1.54, 1.807) is 27.9 Å². The van der Waals surface area contributed by atoms with Gasteiger partial charge in [-0.2, -0.15) is 0 Å². The maximum absolute atomic E-state index is 14.8. The van der Waals surface area contributed by atoms with Gasteiger partial charge < -0.3 is 34.3 Å². The van der Waals surface area contributed by atoms with Crippen LogP contribution in [0.25, 0.3) is 21.8 Å². The minimum Gasteiger partial charge on any atom is -0.497 e. The van der Waals surface area contributed by atoms with Crippen LogP contribution in [0.4, 0.5) is 4.79 Å². The fraction of sp³-hybridized carbons (Fsp3) is 0.558. The van der Waals surface area contributed by atoms with Crippen LogP contribution in [0.5, 0.6) is 11.6 Å². The lowest BCUT2D eigenvalue weighted by molar-refractivity contribution is -0.142. The normalized spacial score (nSPS) is 26.5. The van der Waals surface area contributed by atoms with Gasteiger partial charge in [0, 0.05) is 41.9 Å². The lowest BCUT2D eigenvalue weighted by Crippen LogP contribution is -2.60. The van der Waals surface area contributed by atoms with Crippen LogP contribution < -0.4 is 24.8 Å². The lowest BCUT2D eigenvalue weighted by atomic mass is 9.85. The molecule has 15 nitrogen and oxygen atoms in total. The predicted molar refractivity (Wildman–Crippen MR) is 222 cm³/mol. The van der Waals surface area contributed by atoms with Crippen molar-refractivity contribution >= 4 is 55.6 Å². The van der Waals surface area contributed by atoms with E-state index in [0.717, 1.165) is 34.7 Å². The molecule has 4 aliphatic rings. The summed E-state index contributed by atoms with van der Waals surface area (Å²) in [5.74, 6) is -1.67. The monoisotopic (exact) mass is 832 g/mol. The Morgan fingerprint density at radius 2 is 1.90 bits per heavy atom. The summed E-state index contributed by atoms with van der Waals surface area (Å²) >= 11 is 0. The maximum atomic E-state index is 14.8. The van der Waals surface area contributed by atoms with Gasteiger partial charge in [-0.3, -0.25) is 19.1 Å². The molecule has 1 aromatic carbocycles. The standard InChI is InChI=1S/C43H56N6O9S/c1-9-26-21-43(26,39(52)47-59(54,55)29-14-15-29)46-36(50)32-20-28-23-49(32)38(51)35(41(3,4)5)45-40(53)57-24-42(6,7)17-11-10-12-18-48-22-25(2)33-30-16-13-27(56-8)19-31(30)44-37(58-28)34(33)48/h9-10,12-13,16,19,22,26,28-29,32,35H,1,11,14-15,17-18,20-21,23-24H2,2-8H3,(H,45,53)(H,46,50)(H,47,52)/t26-,28-,32+,35-,43-/m1/s1. The van der Waals surface area contributed by atoms with Crippen molar-refractivity contribution in [3.05, 3.63) is 54.8 Å². The van der Waals surface area contributed by atoms with Gasteiger partial charge in [0.05, 0.1) is 31.0 Å². The van der Waals surface area contributed by atoms with Gasteiger partial charge in [0.15, 0.2) is 0 Å². The van der Waals surface area contributed by atoms with Crippen LogP contribution in [0.15, 0.2) is 49.2 Å². The van der Waals surface area contributed by atoms with Gasteiger partial charge in [-0.1, -0.05) is 52.8 Å². The Bertz CT molecular complexity index is 2340. The number of rotatable bonds is 7. The van der Waals surface area contributed by atoms with Crippen LogP contribution in [-0.4, -0.2) is 95.9 Å². The van der Waals surface area contributed by atoms with Crippen molar-refractivity contribution in [3.8, 4) is 11.6 Å². The second-order valence-corrected chi connectivity index (χ2v) is 20.3. The number of alkyl carbamates (subject to hydrolysis) is 1. The second-order valence-electron chi connectivity index (χ2n) is 18.3. The number of cyclic esters (lactones) is 1. The van der Waals surface area contributed by atoms with E-state index in [4.69, 9.17) is 19.2 Å². The van der Waals surface area contributed by atoms with Gasteiger partial charge in [-0.15, -0.1) is 6.58 Å². The summed E-state index contributed by atoms with van der Waals surface area (Å²) in [5, 5.41) is 6.83. The zero-order valence-corrected chi connectivity index (χ0v) is 35.7. The number of carbonyl (C=O) groups excluding carboxylic acids is 4. The summed E-state index contributed by atoms with van der Waals surface area (Å²) in [4.78, 5) is 62.8. The van der Waals surface area contributed by atoms with Crippen LogP contribution in [0.3, 0.4) is 0 Å². The van der Waals surface area contributed by atoms with Crippen LogP contribution >= 0.6 is 0 Å². The molecule has 2 aliphatic carbocycles. The number of hydrogen-bond donors (Lipinski definition) is 3. The van der Waals surface area contributed by atoms with Crippen LogP contribution in [0, 0.1) is 23.7 Å². The van der Waals surface area contributed by atoms with Gasteiger partial charge in [0.2, 0.25) is 27.7 Å². The largest absolute Gasteiger partial charge is 0.497 e. The van der Waals surface area contributed by atoms with Gasteiger partial charge in [0.25, 0.3) is 5.91 Å². The Morgan fingerprint density at radius 1 is 1.15 bits per heavy atom. The summed E-state index contributed by atoms with van der Waals surface area (Å²) in [5.41, 5.74) is -0.380. The number of benzene rings is 1. The van der Waals surface area contributed by atoms with E-state index in [9.17, 15) is 27.6 Å². The first-order valence-corrected chi connectivity index (χ1v) is 21.8. The van der Waals surface area contributed by atoms with Gasteiger partial charge in [0.1, 0.15) is 35.0 Å². The van der Waals surface area contributed by atoms with Crippen molar-refractivity contribution < 1.29 is 41.8 Å². The third-order valence-corrected chi connectivity index (χ3v) is 13.8. The number of amides is 4. The summed E-state index contributed by atoms with van der Waals surface area (Å²) in [6, 6.07) is 3.39. The minimum atomic E-state index is -3.92. The molecule has 0 radical (unpaired) electrons. The summed E-state index contributed by atoms with van der Waals surface area (Å²) in [6.45, 7) is 15.9. The van der Waals surface area contributed by atoms with Crippen molar-refractivity contribution in [1.82, 2.24) is 29.8 Å². The third-order valence-electron chi connectivity index (χ3n) is 12.0. The number of fused-ring (bicyclic) bond motifs is 4. The number of pyridine rings is 1. The number of aromatic nitrogens is 2. The Labute approximate surface area is 345 Å². The molecule has 0 unspecified atom stereocenters. The highest BCUT2D eigenvalue weighted by molar-refractivity contribution is 7.91. The number of methoxy groups -OCH3 is 1. The second kappa shape index (κ2) is 15.5. The number of allylic oxidation sites excluding steroid dienone is 2. The van der Waals surface area contributed by atoms with E-state index in [2.05, 4.69) is 44.9 Å². The van der Waals surface area contributed by atoms with Crippen LogP contribution in [0.1, 0.15) is 78.7 Å². The van der Waals surface area contributed by atoms with Gasteiger partial charge >= 0.3 is 6.09 Å². The molecule has 1 saturated heterocycles. The van der Waals surface area contributed by atoms with Crippen molar-refractivity contribution in [2.24, 2.45) is 16.7 Å². The van der Waals surface area contributed by atoms with E-state index in [0.29, 0.717) is 36.5 Å². The quantitative estimate of drug-likeness (QED) is 0.272. The molecule has 3 aromatic rings. The smallest absolute Gasteiger partial charge is 0.407 e. The van der Waals surface area contributed by atoms with Gasteiger partial charge in [-0.05, 0) is 67.6 Å². The number of carbonyl (C=O) groups is 4. The first-order chi connectivity index (χ1) is 27.8. The van der Waals surface area contributed by atoms with Crippen molar-refractivity contribution in [2.75, 3.05) is 20.3 Å². The first-order valence-electron chi connectivity index (χ1n) is 20.3. The molecule has 2 aliphatic heterocycles. The van der Waals surface area contributed by atoms with Gasteiger partial charge in [-0.25, -0.2) is 18.2 Å². The predicted octanol–water partition coefficient (Wildman–Crippen LogP) is 5.04. The maximum Gasteiger partial charge on any atom is 0.407 e. The molecule has 3 fully saturated rings. The minimum absolute atomic E-state index is 0.00279. The molecule has 59 heavy (non-hydrogen) atoms. The molecule has 318 valence electrons. The molecular weight excluding hydrogens is 777 g/mol. The van der Waals surface area contributed by atoms with E-state index < -0.39 is 74.1 Å². The summed E-state index contributed by atoms with van der Waals surface area (Å²) in [7, 11) is -2.34. The molecule has 2 aromatic heterocycles. The summed E-state index contributed by atoms with van der Waals surface area (Å²) in [6.07, 6.45) is 8.75. The highest BCUT2D eigenvalue weighted by Crippen LogP contribution is 2.46. The molecule has 2 bridgehead atoms. The number of nitrogens with zero attached hydrogens (tertiary/aromatic N) is 3. The molecule has 0 spiro atoms.